The molecule has 0 saturated carbocycles. The van der Waals surface area contributed by atoms with E-state index in [0.29, 0.717) is 6.54 Å². The zero-order valence-electron chi connectivity index (χ0n) is 13.6. The molecule has 3 aromatic heterocycles. The quantitative estimate of drug-likeness (QED) is 0.553. The molecule has 0 saturated heterocycles. The molecule has 0 aliphatic carbocycles. The third kappa shape index (κ3) is 2.89. The molecule has 0 unspecified atom stereocenters. The van der Waals surface area contributed by atoms with Gasteiger partial charge in [-0.2, -0.15) is 0 Å². The molecule has 0 aliphatic heterocycles. The lowest BCUT2D eigenvalue weighted by Gasteiger charge is -2.06. The summed E-state index contributed by atoms with van der Waals surface area (Å²) in [6.07, 6.45) is 3.74. The van der Waals surface area contributed by atoms with Crippen LogP contribution in [0.4, 0.5) is 4.39 Å². The monoisotopic (exact) mass is 353 g/mol. The van der Waals surface area contributed by atoms with E-state index in [1.165, 1.54) is 23.5 Å². The second-order valence-electron chi connectivity index (χ2n) is 5.81. The largest absolute Gasteiger partial charge is 0.343 e. The van der Waals surface area contributed by atoms with Gasteiger partial charge >= 0.3 is 0 Å². The Bertz CT molecular complexity index is 1090. The fourth-order valence-corrected chi connectivity index (χ4v) is 3.73. The van der Waals surface area contributed by atoms with Crippen molar-refractivity contribution in [3.05, 3.63) is 76.0 Å². The highest BCUT2D eigenvalue weighted by atomic mass is 32.1. The first-order valence-corrected chi connectivity index (χ1v) is 8.92. The molecule has 4 nitrogen and oxygen atoms in total. The van der Waals surface area contributed by atoms with Gasteiger partial charge in [0.05, 0.1) is 12.2 Å². The molecule has 4 rings (SSSR count). The Hall–Kier alpha value is -2.73. The first kappa shape index (κ1) is 15.8. The van der Waals surface area contributed by atoms with Crippen LogP contribution >= 0.6 is 11.3 Å². The van der Waals surface area contributed by atoms with Gasteiger partial charge in [0.15, 0.2) is 0 Å². The van der Waals surface area contributed by atoms with Gasteiger partial charge in [0.1, 0.15) is 16.3 Å². The van der Waals surface area contributed by atoms with Crippen molar-refractivity contribution in [2.75, 3.05) is 0 Å². The molecule has 6 heteroatoms. The van der Waals surface area contributed by atoms with Crippen LogP contribution in [0.3, 0.4) is 0 Å². The van der Waals surface area contributed by atoms with Gasteiger partial charge < -0.3 is 9.13 Å². The lowest BCUT2D eigenvalue weighted by Crippen LogP contribution is -2.22. The van der Waals surface area contributed by atoms with Crippen LogP contribution in [0.1, 0.15) is 12.6 Å². The highest BCUT2D eigenvalue weighted by molar-refractivity contribution is 7.13. The van der Waals surface area contributed by atoms with Crippen molar-refractivity contribution in [3.63, 3.8) is 0 Å². The maximum absolute atomic E-state index is 13.0. The average Bonchev–Trinajstić information content (AvgIpc) is 3.25. The maximum atomic E-state index is 13.0. The first-order valence-electron chi connectivity index (χ1n) is 8.04. The van der Waals surface area contributed by atoms with Gasteiger partial charge in [0.25, 0.3) is 5.56 Å². The summed E-state index contributed by atoms with van der Waals surface area (Å²) in [6.45, 7) is 3.20. The number of aromatic nitrogens is 3. The highest BCUT2D eigenvalue weighted by Gasteiger charge is 2.10. The first-order chi connectivity index (χ1) is 12.2. The van der Waals surface area contributed by atoms with Crippen molar-refractivity contribution < 1.29 is 4.39 Å². The molecule has 0 aliphatic rings. The SMILES string of the molecule is CCn1ccc2ccn(Cc3csc(-c4ccc(F)cc4)n3)c(=O)c21. The Labute approximate surface area is 147 Å². The molecular weight excluding hydrogens is 337 g/mol. The maximum Gasteiger partial charge on any atom is 0.275 e. The van der Waals surface area contributed by atoms with Crippen LogP contribution in [0.2, 0.25) is 0 Å². The fraction of sp³-hybridized carbons (Fsp3) is 0.158. The van der Waals surface area contributed by atoms with Gasteiger partial charge in [-0.25, -0.2) is 9.37 Å². The van der Waals surface area contributed by atoms with Crippen molar-refractivity contribution in [2.45, 2.75) is 20.0 Å². The minimum Gasteiger partial charge on any atom is -0.343 e. The van der Waals surface area contributed by atoms with Crippen molar-refractivity contribution in [1.82, 2.24) is 14.1 Å². The number of halogens is 1. The van der Waals surface area contributed by atoms with Gasteiger partial charge in [-0.3, -0.25) is 4.79 Å². The molecule has 0 spiro atoms. The normalized spacial score (nSPS) is 11.3. The zero-order valence-corrected chi connectivity index (χ0v) is 14.5. The molecule has 3 heterocycles. The van der Waals surface area contributed by atoms with E-state index in [2.05, 4.69) is 4.98 Å². The highest BCUT2D eigenvalue weighted by Crippen LogP contribution is 2.24. The Balaban J connectivity index is 1.67. The van der Waals surface area contributed by atoms with E-state index in [-0.39, 0.29) is 11.4 Å². The summed E-state index contributed by atoms with van der Waals surface area (Å²) < 4.78 is 16.7. The zero-order chi connectivity index (χ0) is 17.4. The van der Waals surface area contributed by atoms with Crippen molar-refractivity contribution in [1.29, 1.82) is 0 Å². The number of benzene rings is 1. The molecule has 4 aromatic rings. The molecule has 0 bridgehead atoms. The van der Waals surface area contributed by atoms with E-state index in [0.717, 1.165) is 33.7 Å². The standard InChI is InChI=1S/C19H16FN3OS/c1-2-22-9-7-13-8-10-23(19(24)17(13)22)11-16-12-25-18(21-16)14-3-5-15(20)6-4-14/h3-10,12H,2,11H2,1H3. The van der Waals surface area contributed by atoms with E-state index in [4.69, 9.17) is 0 Å². The number of nitrogens with zero attached hydrogens (tertiary/aromatic N) is 3. The Kier molecular flexibility index (Phi) is 3.97. The predicted octanol–water partition coefficient (Wildman–Crippen LogP) is 4.13. The van der Waals surface area contributed by atoms with Crippen LogP contribution in [0.5, 0.6) is 0 Å². The van der Waals surface area contributed by atoms with E-state index in [1.54, 1.807) is 16.7 Å². The summed E-state index contributed by atoms with van der Waals surface area (Å²) in [5.41, 5.74) is 2.40. The Morgan fingerprint density at radius 1 is 1.08 bits per heavy atom. The van der Waals surface area contributed by atoms with Crippen LogP contribution in [0, 0.1) is 5.82 Å². The molecular formula is C19H16FN3OS. The van der Waals surface area contributed by atoms with Crippen LogP contribution < -0.4 is 5.56 Å². The minimum atomic E-state index is -0.265. The number of rotatable bonds is 4. The summed E-state index contributed by atoms with van der Waals surface area (Å²) in [5.74, 6) is -0.265. The third-order valence-electron chi connectivity index (χ3n) is 4.21. The lowest BCUT2D eigenvalue weighted by molar-refractivity contribution is 0.628. The van der Waals surface area contributed by atoms with Gasteiger partial charge in [-0.1, -0.05) is 0 Å². The molecule has 0 radical (unpaired) electrons. The van der Waals surface area contributed by atoms with Crippen molar-refractivity contribution in [3.8, 4) is 10.6 Å². The van der Waals surface area contributed by atoms with Crippen molar-refractivity contribution in [2.24, 2.45) is 0 Å². The minimum absolute atomic E-state index is 0.0133. The molecule has 1 aromatic carbocycles. The Morgan fingerprint density at radius 2 is 1.80 bits per heavy atom. The second-order valence-corrected chi connectivity index (χ2v) is 6.66. The summed E-state index contributed by atoms with van der Waals surface area (Å²) in [4.78, 5) is 17.4. The van der Waals surface area contributed by atoms with Crippen LogP contribution in [0.25, 0.3) is 21.5 Å². The molecule has 0 amide bonds. The molecule has 25 heavy (non-hydrogen) atoms. The number of fused-ring (bicyclic) bond motifs is 1. The summed E-state index contributed by atoms with van der Waals surface area (Å²) >= 11 is 1.49. The van der Waals surface area contributed by atoms with Gasteiger partial charge in [-0.05, 0) is 43.3 Å². The third-order valence-corrected chi connectivity index (χ3v) is 5.15. The van der Waals surface area contributed by atoms with Gasteiger partial charge in [0, 0.05) is 35.3 Å². The van der Waals surface area contributed by atoms with E-state index >= 15 is 0 Å². The number of pyridine rings is 1. The number of hydrogen-bond acceptors (Lipinski definition) is 3. The molecule has 0 atom stereocenters. The average molecular weight is 353 g/mol. The van der Waals surface area contributed by atoms with Crippen LogP contribution in [-0.2, 0) is 13.1 Å². The molecule has 0 fully saturated rings. The van der Waals surface area contributed by atoms with Crippen molar-refractivity contribution >= 4 is 22.2 Å². The summed E-state index contributed by atoms with van der Waals surface area (Å²) in [7, 11) is 0. The van der Waals surface area contributed by atoms with Gasteiger partial charge in [-0.15, -0.1) is 11.3 Å². The topological polar surface area (TPSA) is 39.8 Å². The summed E-state index contributed by atoms with van der Waals surface area (Å²) in [6, 6.07) is 10.2. The second kappa shape index (κ2) is 6.29. The molecule has 0 N–H and O–H groups in total. The van der Waals surface area contributed by atoms with Gasteiger partial charge in [0.2, 0.25) is 0 Å². The smallest absolute Gasteiger partial charge is 0.275 e. The van der Waals surface area contributed by atoms with E-state index in [9.17, 15) is 9.18 Å². The lowest BCUT2D eigenvalue weighted by atomic mass is 10.2. The Morgan fingerprint density at radius 3 is 2.52 bits per heavy atom. The fourth-order valence-electron chi connectivity index (χ4n) is 2.91. The number of aryl methyl sites for hydroxylation is 1. The van der Waals surface area contributed by atoms with E-state index < -0.39 is 0 Å². The number of hydrogen-bond donors (Lipinski definition) is 0. The number of thiazole rings is 1. The van der Waals surface area contributed by atoms with Crippen LogP contribution in [0.15, 0.2) is 59.0 Å². The summed E-state index contributed by atoms with van der Waals surface area (Å²) in [5, 5.41) is 3.71. The molecule has 126 valence electrons. The van der Waals surface area contributed by atoms with Crippen LogP contribution in [-0.4, -0.2) is 14.1 Å². The predicted molar refractivity (Wildman–Crippen MR) is 98.5 cm³/mol. The van der Waals surface area contributed by atoms with E-state index in [1.807, 2.05) is 41.4 Å².